The van der Waals surface area contributed by atoms with Gasteiger partial charge in [-0.15, -0.1) is 34.2 Å². The molecule has 1 unspecified atom stereocenters. The quantitative estimate of drug-likeness (QED) is 0.313. The van der Waals surface area contributed by atoms with Crippen molar-refractivity contribution in [1.29, 1.82) is 0 Å². The Labute approximate surface area is 195 Å². The number of aryl methyl sites for hydroxylation is 1. The first-order valence-electron chi connectivity index (χ1n) is 10.4. The highest BCUT2D eigenvalue weighted by Crippen LogP contribution is 2.15. The molecular formula is C21H33FIN7. The number of hydrogen-bond acceptors (Lipinski definition) is 4. The molecule has 7 nitrogen and oxygen atoms in total. The SMILES string of the molecule is CCN1CCCC1CNC(=NCc1nnc(C)n1C)NCCc1ccccc1F.I. The van der Waals surface area contributed by atoms with Crippen molar-refractivity contribution in [3.63, 3.8) is 0 Å². The van der Waals surface area contributed by atoms with E-state index in [0.717, 1.165) is 37.2 Å². The van der Waals surface area contributed by atoms with Gasteiger partial charge in [0, 0.05) is 26.2 Å². The summed E-state index contributed by atoms with van der Waals surface area (Å²) in [7, 11) is 1.94. The number of likely N-dealkylation sites (tertiary alicyclic amines) is 1. The molecule has 9 heteroatoms. The number of benzene rings is 1. The molecule has 0 aliphatic carbocycles. The van der Waals surface area contributed by atoms with Crippen LogP contribution in [0, 0.1) is 12.7 Å². The van der Waals surface area contributed by atoms with Gasteiger partial charge in [-0.05, 0) is 50.9 Å². The van der Waals surface area contributed by atoms with Crippen molar-refractivity contribution in [2.45, 2.75) is 45.7 Å². The Balaban J connectivity index is 0.00000320. The molecule has 1 saturated heterocycles. The number of aliphatic imine (C=N–C) groups is 1. The van der Waals surface area contributed by atoms with Crippen molar-refractivity contribution >= 4 is 29.9 Å². The standard InChI is InChI=1S/C21H32FN7.HI/c1-4-29-13-7-9-18(29)14-24-21(25-15-20-27-26-16(2)28(20)3)23-12-11-17-8-5-6-10-19(17)22;/h5-6,8,10,18H,4,7,9,11-15H2,1-3H3,(H2,23,24,25);1H. The van der Waals surface area contributed by atoms with E-state index in [-0.39, 0.29) is 29.8 Å². The number of halogens is 2. The van der Waals surface area contributed by atoms with Crippen molar-refractivity contribution in [3.05, 3.63) is 47.3 Å². The van der Waals surface area contributed by atoms with E-state index in [1.165, 1.54) is 18.9 Å². The number of nitrogens with zero attached hydrogens (tertiary/aromatic N) is 5. The zero-order valence-corrected chi connectivity index (χ0v) is 20.4. The Morgan fingerprint density at radius 1 is 1.27 bits per heavy atom. The maximum atomic E-state index is 13.9. The first-order valence-corrected chi connectivity index (χ1v) is 10.4. The molecule has 0 bridgehead atoms. The van der Waals surface area contributed by atoms with E-state index in [0.29, 0.717) is 31.1 Å². The summed E-state index contributed by atoms with van der Waals surface area (Å²) in [5.41, 5.74) is 0.705. The van der Waals surface area contributed by atoms with Crippen molar-refractivity contribution in [3.8, 4) is 0 Å². The summed E-state index contributed by atoms with van der Waals surface area (Å²) in [6.45, 7) is 8.24. The minimum Gasteiger partial charge on any atom is -0.356 e. The first kappa shape index (κ1) is 24.5. The minimum atomic E-state index is -0.167. The number of rotatable bonds is 8. The molecule has 1 aromatic heterocycles. The van der Waals surface area contributed by atoms with Gasteiger partial charge in [0.25, 0.3) is 0 Å². The molecule has 2 aromatic rings. The van der Waals surface area contributed by atoms with E-state index in [2.05, 4.69) is 32.7 Å². The van der Waals surface area contributed by atoms with Gasteiger partial charge in [0.1, 0.15) is 18.2 Å². The van der Waals surface area contributed by atoms with Gasteiger partial charge in [0.2, 0.25) is 0 Å². The summed E-state index contributed by atoms with van der Waals surface area (Å²) in [5.74, 6) is 2.24. The molecule has 166 valence electrons. The molecule has 1 aliphatic rings. The second kappa shape index (κ2) is 12.2. The molecular weight excluding hydrogens is 496 g/mol. The van der Waals surface area contributed by atoms with E-state index in [9.17, 15) is 4.39 Å². The maximum Gasteiger partial charge on any atom is 0.191 e. The van der Waals surface area contributed by atoms with Crippen LogP contribution in [0.3, 0.4) is 0 Å². The van der Waals surface area contributed by atoms with Crippen LogP contribution in [0.1, 0.15) is 37.0 Å². The Bertz CT molecular complexity index is 823. The van der Waals surface area contributed by atoms with Gasteiger partial charge in [0.05, 0.1) is 0 Å². The summed E-state index contributed by atoms with van der Waals surface area (Å²) in [4.78, 5) is 7.19. The van der Waals surface area contributed by atoms with Crippen molar-refractivity contribution in [1.82, 2.24) is 30.3 Å². The van der Waals surface area contributed by atoms with Crippen LogP contribution in [0.2, 0.25) is 0 Å². The third kappa shape index (κ3) is 6.63. The van der Waals surface area contributed by atoms with Gasteiger partial charge in [0.15, 0.2) is 11.8 Å². The van der Waals surface area contributed by atoms with E-state index in [4.69, 9.17) is 4.99 Å². The minimum absolute atomic E-state index is 0. The average Bonchev–Trinajstić information content (AvgIpc) is 3.31. The van der Waals surface area contributed by atoms with E-state index < -0.39 is 0 Å². The van der Waals surface area contributed by atoms with Crippen LogP contribution < -0.4 is 10.6 Å². The lowest BCUT2D eigenvalue weighted by atomic mass is 10.1. The number of nitrogens with one attached hydrogen (secondary N) is 2. The highest BCUT2D eigenvalue weighted by molar-refractivity contribution is 14.0. The average molecular weight is 529 g/mol. The molecule has 1 aromatic carbocycles. The smallest absolute Gasteiger partial charge is 0.191 e. The fourth-order valence-corrected chi connectivity index (χ4v) is 3.69. The Kier molecular flexibility index (Phi) is 9.96. The van der Waals surface area contributed by atoms with Crippen LogP contribution in [-0.2, 0) is 20.0 Å². The summed E-state index contributed by atoms with van der Waals surface area (Å²) in [5, 5.41) is 15.1. The molecule has 0 radical (unpaired) electrons. The summed E-state index contributed by atoms with van der Waals surface area (Å²) in [6.07, 6.45) is 3.04. The van der Waals surface area contributed by atoms with E-state index >= 15 is 0 Å². The van der Waals surface area contributed by atoms with Gasteiger partial charge in [-0.3, -0.25) is 4.90 Å². The topological polar surface area (TPSA) is 70.4 Å². The summed E-state index contributed by atoms with van der Waals surface area (Å²) < 4.78 is 15.8. The van der Waals surface area contributed by atoms with Crippen molar-refractivity contribution < 1.29 is 4.39 Å². The van der Waals surface area contributed by atoms with E-state index in [1.54, 1.807) is 6.07 Å². The fourth-order valence-electron chi connectivity index (χ4n) is 3.69. The first-order chi connectivity index (χ1) is 14.1. The third-order valence-electron chi connectivity index (χ3n) is 5.62. The highest BCUT2D eigenvalue weighted by atomic mass is 127. The molecule has 2 heterocycles. The van der Waals surface area contributed by atoms with Gasteiger partial charge in [-0.25, -0.2) is 9.38 Å². The molecule has 1 fully saturated rings. The third-order valence-corrected chi connectivity index (χ3v) is 5.62. The predicted octanol–water partition coefficient (Wildman–Crippen LogP) is 2.64. The Morgan fingerprint density at radius 3 is 2.77 bits per heavy atom. The van der Waals surface area contributed by atoms with E-state index in [1.807, 2.05) is 30.7 Å². The Morgan fingerprint density at radius 2 is 2.07 bits per heavy atom. The maximum absolute atomic E-state index is 13.9. The van der Waals surface area contributed by atoms with Gasteiger partial charge < -0.3 is 15.2 Å². The van der Waals surface area contributed by atoms with Crippen LogP contribution in [-0.4, -0.2) is 57.8 Å². The lowest BCUT2D eigenvalue weighted by Crippen LogP contribution is -2.45. The van der Waals surface area contributed by atoms with Crippen LogP contribution in [0.15, 0.2) is 29.3 Å². The largest absolute Gasteiger partial charge is 0.356 e. The summed E-state index contributed by atoms with van der Waals surface area (Å²) >= 11 is 0. The number of hydrogen-bond donors (Lipinski definition) is 2. The molecule has 1 aliphatic heterocycles. The highest BCUT2D eigenvalue weighted by Gasteiger charge is 2.22. The van der Waals surface area contributed by atoms with Crippen molar-refractivity contribution in [2.24, 2.45) is 12.0 Å². The molecule has 0 saturated carbocycles. The number of likely N-dealkylation sites (N-methyl/N-ethyl adjacent to an activating group) is 1. The lowest BCUT2D eigenvalue weighted by molar-refractivity contribution is 0.267. The van der Waals surface area contributed by atoms with Crippen LogP contribution >= 0.6 is 24.0 Å². The number of guanidine groups is 1. The van der Waals surface area contributed by atoms with Crippen LogP contribution in [0.5, 0.6) is 0 Å². The lowest BCUT2D eigenvalue weighted by Gasteiger charge is -2.24. The molecule has 30 heavy (non-hydrogen) atoms. The van der Waals surface area contributed by atoms with Gasteiger partial charge in [-0.2, -0.15) is 0 Å². The molecule has 3 rings (SSSR count). The normalized spacial score (nSPS) is 17.1. The zero-order valence-electron chi connectivity index (χ0n) is 18.1. The van der Waals surface area contributed by atoms with Crippen molar-refractivity contribution in [2.75, 3.05) is 26.2 Å². The van der Waals surface area contributed by atoms with Crippen LogP contribution in [0.25, 0.3) is 0 Å². The Hall–Kier alpha value is -1.75. The number of aromatic nitrogens is 3. The second-order valence-corrected chi connectivity index (χ2v) is 7.46. The van der Waals surface area contributed by atoms with Crippen LogP contribution in [0.4, 0.5) is 4.39 Å². The molecule has 0 amide bonds. The van der Waals surface area contributed by atoms with Gasteiger partial charge >= 0.3 is 0 Å². The predicted molar refractivity (Wildman–Crippen MR) is 129 cm³/mol. The van der Waals surface area contributed by atoms with Gasteiger partial charge in [-0.1, -0.05) is 25.1 Å². The second-order valence-electron chi connectivity index (χ2n) is 7.46. The monoisotopic (exact) mass is 529 g/mol. The molecule has 1 atom stereocenters. The molecule has 2 N–H and O–H groups in total. The molecule has 0 spiro atoms. The fraction of sp³-hybridized carbons (Fsp3) is 0.571. The summed E-state index contributed by atoms with van der Waals surface area (Å²) in [6, 6.07) is 7.42. The zero-order chi connectivity index (χ0) is 20.6.